The number of rotatable bonds is 0. The van der Waals surface area contributed by atoms with Gasteiger partial charge in [-0.25, -0.2) is 0 Å². The molecule has 0 aromatic rings. The first kappa shape index (κ1) is 15.6. The van der Waals surface area contributed by atoms with E-state index >= 15 is 0 Å². The fourth-order valence-corrected chi connectivity index (χ4v) is 0. The van der Waals surface area contributed by atoms with E-state index in [-0.39, 0.29) is 103 Å². The third-order valence-electron chi connectivity index (χ3n) is 0. The predicted octanol–water partition coefficient (Wildman–Crippen LogP) is -5.47. The Bertz CT molecular complexity index is 29.1. The van der Waals surface area contributed by atoms with E-state index in [1.165, 1.54) is 0 Å². The average Bonchev–Trinajstić information content (AvgIpc) is 0.918. The third kappa shape index (κ3) is 20.8. The average molecular weight is 119 g/mol. The normalized spacial score (nSPS) is 1.40. The van der Waals surface area contributed by atoms with Crippen LogP contribution in [0.4, 0.5) is 0 Å². The van der Waals surface area contributed by atoms with Crippen LogP contribution in [0.2, 0.25) is 0 Å². The molecule has 5 heavy (non-hydrogen) atoms. The van der Waals surface area contributed by atoms with Gasteiger partial charge in [0.25, 0.3) is 0 Å². The van der Waals surface area contributed by atoms with Crippen LogP contribution in [-0.2, 0) is 0 Å². The summed E-state index contributed by atoms with van der Waals surface area (Å²) >= 11 is 0. The zero-order chi connectivity index (χ0) is 2.71. The van der Waals surface area contributed by atoms with Crippen LogP contribution in [-0.4, -0.2) is 0 Å². The first-order valence-electron chi connectivity index (χ1n) is 0.474. The van der Waals surface area contributed by atoms with Gasteiger partial charge in [-0.15, -0.1) is 0 Å². The van der Waals surface area contributed by atoms with Crippen LogP contribution in [0.25, 0.3) is 5.73 Å². The molecule has 0 aromatic carbocycles. The van der Waals surface area contributed by atoms with Crippen molar-refractivity contribution in [2.24, 2.45) is 0 Å². The molecule has 0 atom stereocenters. The maximum Gasteiger partial charge on any atom is 1.00 e. The summed E-state index contributed by atoms with van der Waals surface area (Å²) in [5, 5.41) is 6.99. The van der Waals surface area contributed by atoms with Crippen molar-refractivity contribution in [2.75, 3.05) is 0 Å². The van der Waals surface area contributed by atoms with Gasteiger partial charge in [0.15, 0.2) is 0 Å². The van der Waals surface area contributed by atoms with Crippen molar-refractivity contribution in [3.8, 4) is 6.19 Å². The predicted molar refractivity (Wildman–Crippen MR) is 9.93 cm³/mol. The fourth-order valence-electron chi connectivity index (χ4n) is 0. The van der Waals surface area contributed by atoms with Gasteiger partial charge in [-0.05, 0) is 0 Å². The molecule has 0 heterocycles. The Balaban J connectivity index is -0.0000000200. The second-order valence-electron chi connectivity index (χ2n) is 0.112. The molecule has 4 heteroatoms. The Morgan fingerprint density at radius 3 is 1.40 bits per heavy atom. The summed E-state index contributed by atoms with van der Waals surface area (Å²) in [6.45, 7) is 0. The number of nitrogens with zero attached hydrogens (tertiary/aromatic N) is 1. The summed E-state index contributed by atoms with van der Waals surface area (Å²) in [5.41, 5.74) is 5.51. The summed E-state index contributed by atoms with van der Waals surface area (Å²) in [4.78, 5) is 0. The van der Waals surface area contributed by atoms with Gasteiger partial charge in [0, 0.05) is 0 Å². The van der Waals surface area contributed by atoms with Gasteiger partial charge in [-0.2, -0.15) is 0 Å². The molecule has 2 nitrogen and oxygen atoms in total. The summed E-state index contributed by atoms with van der Waals surface area (Å²) in [6.07, 6.45) is 1.00. The van der Waals surface area contributed by atoms with E-state index in [0.717, 1.165) is 6.19 Å². The van der Waals surface area contributed by atoms with Gasteiger partial charge >= 0.3 is 103 Å². The first-order chi connectivity index (χ1) is 1.41. The van der Waals surface area contributed by atoms with Crippen LogP contribution in [0.1, 0.15) is 0 Å². The molecule has 0 aliphatic heterocycles. The van der Waals surface area contributed by atoms with E-state index in [0.29, 0.717) is 0 Å². The van der Waals surface area contributed by atoms with Crippen molar-refractivity contribution in [3.63, 3.8) is 0 Å². The standard InChI is InChI=1S/CHN2.2K/c2-1-3;;/h2H;;/q-1;2*+1. The van der Waals surface area contributed by atoms with Crippen molar-refractivity contribution >= 4 is 0 Å². The van der Waals surface area contributed by atoms with E-state index in [1.54, 1.807) is 0 Å². The van der Waals surface area contributed by atoms with Gasteiger partial charge in [0.2, 0.25) is 0 Å². The van der Waals surface area contributed by atoms with Gasteiger partial charge in [-0.1, -0.05) is 6.19 Å². The number of nitrogens with one attached hydrogen (secondary N) is 1. The van der Waals surface area contributed by atoms with Gasteiger partial charge in [0.1, 0.15) is 0 Å². The SMILES string of the molecule is N#C[NH-].[K+].[K+]. The van der Waals surface area contributed by atoms with Crippen LogP contribution >= 0.6 is 0 Å². The topological polar surface area (TPSA) is 47.6 Å². The molecule has 0 saturated heterocycles. The van der Waals surface area contributed by atoms with Crippen LogP contribution in [0.15, 0.2) is 0 Å². The summed E-state index contributed by atoms with van der Waals surface area (Å²) in [6, 6.07) is 0. The van der Waals surface area contributed by atoms with Crippen molar-refractivity contribution in [2.45, 2.75) is 0 Å². The van der Waals surface area contributed by atoms with Crippen LogP contribution in [0.3, 0.4) is 0 Å². The monoisotopic (exact) mass is 119 g/mol. The molecule has 0 spiro atoms. The Hall–Kier alpha value is 2.56. The maximum absolute atomic E-state index is 6.99. The zero-order valence-electron chi connectivity index (χ0n) is 3.45. The molecule has 0 saturated carbocycles. The Morgan fingerprint density at radius 1 is 1.40 bits per heavy atom. The minimum Gasteiger partial charge on any atom is -0.494 e. The first-order valence-corrected chi connectivity index (χ1v) is 0.474. The van der Waals surface area contributed by atoms with E-state index in [1.807, 2.05) is 0 Å². The van der Waals surface area contributed by atoms with Gasteiger partial charge in [-0.3, -0.25) is 0 Å². The molecule has 0 aromatic heterocycles. The van der Waals surface area contributed by atoms with Crippen molar-refractivity contribution in [3.05, 3.63) is 5.73 Å². The smallest absolute Gasteiger partial charge is 0.494 e. The van der Waals surface area contributed by atoms with E-state index in [9.17, 15) is 0 Å². The van der Waals surface area contributed by atoms with Crippen molar-refractivity contribution in [1.82, 2.24) is 0 Å². The molecule has 0 aliphatic carbocycles. The summed E-state index contributed by atoms with van der Waals surface area (Å²) in [5.74, 6) is 0. The van der Waals surface area contributed by atoms with Crippen LogP contribution in [0, 0.1) is 11.5 Å². The molecule has 0 aliphatic rings. The molecule has 0 amide bonds. The molecular weight excluding hydrogens is 118 g/mol. The Kier molecular flexibility index (Phi) is 50.1. The molecule has 1 N–H and O–H groups in total. The molecule has 0 unspecified atom stereocenters. The quantitative estimate of drug-likeness (QED) is 0.232. The summed E-state index contributed by atoms with van der Waals surface area (Å²) in [7, 11) is 0. The Labute approximate surface area is 116 Å². The molecular formula is CHK2N2+. The van der Waals surface area contributed by atoms with Crippen LogP contribution in [0.5, 0.6) is 0 Å². The van der Waals surface area contributed by atoms with Crippen LogP contribution < -0.4 is 103 Å². The zero-order valence-corrected chi connectivity index (χ0v) is 9.69. The fraction of sp³-hybridized carbons (Fsp3) is 0. The number of nitriles is 1. The van der Waals surface area contributed by atoms with E-state index in [4.69, 9.17) is 11.0 Å². The molecule has 0 bridgehead atoms. The minimum atomic E-state index is 0. The molecule has 0 radical (unpaired) electrons. The molecule has 16 valence electrons. The van der Waals surface area contributed by atoms with E-state index < -0.39 is 0 Å². The maximum atomic E-state index is 6.99. The number of hydrogen-bond acceptors (Lipinski definition) is 1. The molecule has 0 rings (SSSR count). The number of hydrogen-bond donors (Lipinski definition) is 0. The minimum absolute atomic E-state index is 0. The second kappa shape index (κ2) is 16.0. The molecule has 0 fully saturated rings. The van der Waals surface area contributed by atoms with Gasteiger partial charge in [0.05, 0.1) is 0 Å². The summed E-state index contributed by atoms with van der Waals surface area (Å²) < 4.78 is 0. The van der Waals surface area contributed by atoms with E-state index in [2.05, 4.69) is 0 Å². The van der Waals surface area contributed by atoms with Crippen molar-refractivity contribution in [1.29, 1.82) is 5.26 Å². The second-order valence-corrected chi connectivity index (χ2v) is 0.112. The van der Waals surface area contributed by atoms with Gasteiger partial charge < -0.3 is 11.0 Å². The van der Waals surface area contributed by atoms with Crippen molar-refractivity contribution < 1.29 is 103 Å². The Morgan fingerprint density at radius 2 is 1.40 bits per heavy atom. The largest absolute Gasteiger partial charge is 1.00 e. The third-order valence-corrected chi connectivity index (χ3v) is 0.